The predicted octanol–water partition coefficient (Wildman–Crippen LogP) is 1.30. The summed E-state index contributed by atoms with van der Waals surface area (Å²) in [6, 6.07) is 5.83. The molecule has 1 aromatic carbocycles. The molecule has 4 heteroatoms. The van der Waals surface area contributed by atoms with Crippen LogP contribution in [0.3, 0.4) is 0 Å². The smallest absolute Gasteiger partial charge is 0.262 e. The van der Waals surface area contributed by atoms with Crippen LogP contribution in [0.25, 0.3) is 0 Å². The lowest BCUT2D eigenvalue weighted by Gasteiger charge is -2.20. The number of carbonyl (C=O) groups excluding carboxylic acids is 1. The lowest BCUT2D eigenvalue weighted by Crippen LogP contribution is -2.26. The zero-order valence-corrected chi connectivity index (χ0v) is 9.16. The van der Waals surface area contributed by atoms with Crippen molar-refractivity contribution < 1.29 is 9.53 Å². The topological polar surface area (TPSA) is 64.3 Å². The molecule has 0 saturated carbocycles. The van der Waals surface area contributed by atoms with Crippen LogP contribution in [0.15, 0.2) is 18.2 Å². The summed E-state index contributed by atoms with van der Waals surface area (Å²) in [7, 11) is 0. The van der Waals surface area contributed by atoms with Crippen molar-refractivity contribution in [1.82, 2.24) is 0 Å². The van der Waals surface area contributed by atoms with Gasteiger partial charge in [0, 0.05) is 0 Å². The summed E-state index contributed by atoms with van der Waals surface area (Å²) in [4.78, 5) is 11.1. The molecule has 16 heavy (non-hydrogen) atoms. The van der Waals surface area contributed by atoms with Crippen molar-refractivity contribution in [3.8, 4) is 5.75 Å². The van der Waals surface area contributed by atoms with Gasteiger partial charge >= 0.3 is 0 Å². The van der Waals surface area contributed by atoms with E-state index in [1.807, 2.05) is 18.2 Å². The van der Waals surface area contributed by atoms with Gasteiger partial charge in [0.15, 0.2) is 6.61 Å². The fraction of sp³-hybridized carbons (Fsp3) is 0.417. The molecule has 0 fully saturated rings. The summed E-state index contributed by atoms with van der Waals surface area (Å²) in [6.07, 6.45) is 3.00. The Morgan fingerprint density at radius 3 is 3.06 bits per heavy atom. The van der Waals surface area contributed by atoms with Gasteiger partial charge in [-0.25, -0.2) is 0 Å². The number of benzene rings is 1. The molecular weight excluding hydrogens is 204 g/mol. The maximum absolute atomic E-state index is 11.1. The Hall–Kier alpha value is -1.55. The van der Waals surface area contributed by atoms with Crippen LogP contribution in [0, 0.1) is 0 Å². The van der Waals surface area contributed by atoms with Gasteiger partial charge in [0.25, 0.3) is 5.91 Å². The molecule has 1 aliphatic rings. The van der Waals surface area contributed by atoms with Crippen molar-refractivity contribution in [2.24, 2.45) is 5.73 Å². The normalized spacial score (nSPS) is 13.9. The largest absolute Gasteiger partial charge is 0.481 e. The van der Waals surface area contributed by atoms with E-state index in [9.17, 15) is 4.79 Å². The van der Waals surface area contributed by atoms with Gasteiger partial charge in [0.1, 0.15) is 5.75 Å². The molecule has 4 nitrogen and oxygen atoms in total. The fourth-order valence-electron chi connectivity index (χ4n) is 1.83. The quantitative estimate of drug-likeness (QED) is 0.752. The third-order valence-corrected chi connectivity index (χ3v) is 2.62. The van der Waals surface area contributed by atoms with Crippen LogP contribution in [0.2, 0.25) is 0 Å². The molecule has 86 valence electrons. The Morgan fingerprint density at radius 2 is 2.25 bits per heavy atom. The van der Waals surface area contributed by atoms with E-state index >= 15 is 0 Å². The molecule has 1 amide bonds. The van der Waals surface area contributed by atoms with Crippen LogP contribution in [0.1, 0.15) is 18.4 Å². The summed E-state index contributed by atoms with van der Waals surface area (Å²) < 4.78 is 5.45. The maximum Gasteiger partial charge on any atom is 0.262 e. The average molecular weight is 220 g/mol. The number of unbranched alkanes of at least 4 members (excludes halogenated alkanes) is 1. The van der Waals surface area contributed by atoms with Gasteiger partial charge in [-0.1, -0.05) is 12.1 Å². The van der Waals surface area contributed by atoms with Crippen molar-refractivity contribution in [2.45, 2.75) is 19.3 Å². The Balaban J connectivity index is 2.13. The molecule has 1 aliphatic heterocycles. The standard InChI is InChI=1S/C12H16N2O2/c13-7-2-1-4-9-5-3-6-10-12(9)16-8-11(15)14-10/h3,5-6H,1-2,4,7-8,13H2,(H,14,15). The van der Waals surface area contributed by atoms with E-state index in [0.717, 1.165) is 36.3 Å². The Morgan fingerprint density at radius 1 is 1.38 bits per heavy atom. The zero-order chi connectivity index (χ0) is 11.4. The number of para-hydroxylation sites is 1. The van der Waals surface area contributed by atoms with Crippen LogP contribution in [0.4, 0.5) is 5.69 Å². The number of amides is 1. The number of carbonyl (C=O) groups is 1. The van der Waals surface area contributed by atoms with E-state index in [1.165, 1.54) is 0 Å². The SMILES string of the molecule is NCCCCc1cccc2c1OCC(=O)N2. The Labute approximate surface area is 94.8 Å². The van der Waals surface area contributed by atoms with Gasteiger partial charge in [0.05, 0.1) is 5.69 Å². The van der Waals surface area contributed by atoms with Gasteiger partial charge < -0.3 is 15.8 Å². The van der Waals surface area contributed by atoms with Gasteiger partial charge in [-0.2, -0.15) is 0 Å². The van der Waals surface area contributed by atoms with Gasteiger partial charge in [-0.3, -0.25) is 4.79 Å². The number of ether oxygens (including phenoxy) is 1. The lowest BCUT2D eigenvalue weighted by molar-refractivity contribution is -0.118. The molecule has 0 atom stereocenters. The van der Waals surface area contributed by atoms with Gasteiger partial charge in [-0.15, -0.1) is 0 Å². The number of fused-ring (bicyclic) bond motifs is 1. The van der Waals surface area contributed by atoms with Crippen LogP contribution in [-0.4, -0.2) is 19.1 Å². The Kier molecular flexibility index (Phi) is 3.41. The van der Waals surface area contributed by atoms with E-state index < -0.39 is 0 Å². The first kappa shape index (κ1) is 11.0. The second-order valence-corrected chi connectivity index (χ2v) is 3.88. The fourth-order valence-corrected chi connectivity index (χ4v) is 1.83. The molecule has 0 spiro atoms. The third kappa shape index (κ3) is 2.33. The summed E-state index contributed by atoms with van der Waals surface area (Å²) in [5.41, 5.74) is 7.38. The van der Waals surface area contributed by atoms with Crippen molar-refractivity contribution in [2.75, 3.05) is 18.5 Å². The van der Waals surface area contributed by atoms with Gasteiger partial charge in [0.2, 0.25) is 0 Å². The van der Waals surface area contributed by atoms with E-state index in [-0.39, 0.29) is 12.5 Å². The number of anilines is 1. The highest BCUT2D eigenvalue weighted by molar-refractivity contribution is 5.95. The summed E-state index contributed by atoms with van der Waals surface area (Å²) in [5.74, 6) is 0.728. The lowest BCUT2D eigenvalue weighted by atomic mass is 10.1. The minimum atomic E-state index is -0.0911. The predicted molar refractivity (Wildman–Crippen MR) is 62.6 cm³/mol. The molecule has 3 N–H and O–H groups in total. The van der Waals surface area contributed by atoms with Crippen molar-refractivity contribution in [1.29, 1.82) is 0 Å². The number of hydrogen-bond donors (Lipinski definition) is 2. The number of nitrogens with one attached hydrogen (secondary N) is 1. The summed E-state index contributed by atoms with van der Waals surface area (Å²) in [5, 5.41) is 2.80. The van der Waals surface area contributed by atoms with E-state index in [4.69, 9.17) is 10.5 Å². The molecular formula is C12H16N2O2. The molecule has 2 rings (SSSR count). The first-order valence-corrected chi connectivity index (χ1v) is 5.56. The molecule has 0 bridgehead atoms. The molecule has 1 aromatic rings. The average Bonchev–Trinajstić information content (AvgIpc) is 2.29. The summed E-state index contributed by atoms with van der Waals surface area (Å²) in [6.45, 7) is 0.827. The molecule has 0 unspecified atom stereocenters. The van der Waals surface area contributed by atoms with Crippen LogP contribution in [-0.2, 0) is 11.2 Å². The van der Waals surface area contributed by atoms with Crippen LogP contribution < -0.4 is 15.8 Å². The molecule has 0 radical (unpaired) electrons. The monoisotopic (exact) mass is 220 g/mol. The number of nitrogens with two attached hydrogens (primary N) is 1. The zero-order valence-electron chi connectivity index (χ0n) is 9.16. The Bertz CT molecular complexity index is 391. The molecule has 0 aliphatic carbocycles. The van der Waals surface area contributed by atoms with Crippen molar-refractivity contribution >= 4 is 11.6 Å². The highest BCUT2D eigenvalue weighted by Gasteiger charge is 2.18. The van der Waals surface area contributed by atoms with Crippen molar-refractivity contribution in [3.63, 3.8) is 0 Å². The minimum absolute atomic E-state index is 0.0911. The second kappa shape index (κ2) is 4.99. The van der Waals surface area contributed by atoms with E-state index in [2.05, 4.69) is 5.32 Å². The van der Waals surface area contributed by atoms with E-state index in [0.29, 0.717) is 6.54 Å². The van der Waals surface area contributed by atoms with Crippen molar-refractivity contribution in [3.05, 3.63) is 23.8 Å². The first-order chi connectivity index (χ1) is 7.81. The first-order valence-electron chi connectivity index (χ1n) is 5.56. The number of aryl methyl sites for hydroxylation is 1. The maximum atomic E-state index is 11.1. The minimum Gasteiger partial charge on any atom is -0.481 e. The number of rotatable bonds is 4. The highest BCUT2D eigenvalue weighted by Crippen LogP contribution is 2.32. The molecule has 0 saturated heterocycles. The second-order valence-electron chi connectivity index (χ2n) is 3.88. The molecule has 0 aromatic heterocycles. The third-order valence-electron chi connectivity index (χ3n) is 2.62. The van der Waals surface area contributed by atoms with E-state index in [1.54, 1.807) is 0 Å². The summed E-state index contributed by atoms with van der Waals surface area (Å²) >= 11 is 0. The van der Waals surface area contributed by atoms with Gasteiger partial charge in [-0.05, 0) is 37.4 Å². The van der Waals surface area contributed by atoms with Crippen LogP contribution >= 0.6 is 0 Å². The number of hydrogen-bond acceptors (Lipinski definition) is 3. The highest BCUT2D eigenvalue weighted by atomic mass is 16.5. The molecule has 1 heterocycles. The van der Waals surface area contributed by atoms with Crippen LogP contribution in [0.5, 0.6) is 5.75 Å².